The summed E-state index contributed by atoms with van der Waals surface area (Å²) in [5.41, 5.74) is 1.26. The number of alkyl halides is 2. The van der Waals surface area contributed by atoms with Gasteiger partial charge in [-0.05, 0) is 49.2 Å². The third kappa shape index (κ3) is 4.17. The molecule has 1 aliphatic heterocycles. The van der Waals surface area contributed by atoms with Crippen LogP contribution in [0.1, 0.15) is 29.6 Å². The molecule has 26 heavy (non-hydrogen) atoms. The molecule has 1 heterocycles. The molecule has 0 radical (unpaired) electrons. The van der Waals surface area contributed by atoms with Crippen molar-refractivity contribution in [1.29, 1.82) is 0 Å². The number of carbonyl (C=O) groups excluding carboxylic acids is 2. The van der Waals surface area contributed by atoms with Gasteiger partial charge < -0.3 is 15.0 Å². The Labute approximate surface area is 149 Å². The van der Waals surface area contributed by atoms with Gasteiger partial charge in [0, 0.05) is 24.2 Å². The number of nitrogens with one attached hydrogen (secondary N) is 1. The van der Waals surface area contributed by atoms with Gasteiger partial charge in [-0.15, -0.1) is 0 Å². The third-order valence-electron chi connectivity index (χ3n) is 4.12. The Morgan fingerprint density at radius 1 is 1.08 bits per heavy atom. The Bertz CT molecular complexity index is 794. The number of para-hydroxylation sites is 2. The van der Waals surface area contributed by atoms with E-state index in [0.29, 0.717) is 18.5 Å². The minimum Gasteiger partial charge on any atom is -0.433 e. The molecule has 0 unspecified atom stereocenters. The first-order valence-corrected chi connectivity index (χ1v) is 8.30. The number of hydrogen-bond donors (Lipinski definition) is 1. The average Bonchev–Trinajstić information content (AvgIpc) is 2.63. The topological polar surface area (TPSA) is 58.6 Å². The molecule has 2 amide bonds. The Morgan fingerprint density at radius 2 is 1.81 bits per heavy atom. The zero-order chi connectivity index (χ0) is 18.5. The number of halogens is 2. The van der Waals surface area contributed by atoms with Crippen LogP contribution in [0.3, 0.4) is 0 Å². The second kappa shape index (κ2) is 7.95. The molecule has 2 aromatic rings. The maximum absolute atomic E-state index is 12.4. The summed E-state index contributed by atoms with van der Waals surface area (Å²) in [5, 5.41) is 2.56. The number of amides is 2. The van der Waals surface area contributed by atoms with E-state index in [1.807, 2.05) is 0 Å². The molecule has 0 aliphatic carbocycles. The monoisotopic (exact) mass is 360 g/mol. The van der Waals surface area contributed by atoms with Crippen LogP contribution in [-0.2, 0) is 4.79 Å². The van der Waals surface area contributed by atoms with Crippen LogP contribution in [0.2, 0.25) is 0 Å². The summed E-state index contributed by atoms with van der Waals surface area (Å²) in [7, 11) is 0. The molecule has 1 saturated heterocycles. The number of rotatable bonds is 5. The van der Waals surface area contributed by atoms with Crippen molar-refractivity contribution in [2.45, 2.75) is 25.9 Å². The summed E-state index contributed by atoms with van der Waals surface area (Å²) >= 11 is 0. The minimum atomic E-state index is -2.98. The third-order valence-corrected chi connectivity index (χ3v) is 4.12. The predicted molar refractivity (Wildman–Crippen MR) is 93.7 cm³/mol. The SMILES string of the molecule is O=C(Nc1ccccc1OC(F)F)c1ccc(N2CCCCC2=O)cc1. The van der Waals surface area contributed by atoms with Gasteiger partial charge in [0.1, 0.15) is 5.75 Å². The van der Waals surface area contributed by atoms with Crippen LogP contribution in [0, 0.1) is 0 Å². The first-order valence-electron chi connectivity index (χ1n) is 8.30. The van der Waals surface area contributed by atoms with Gasteiger partial charge in [0.2, 0.25) is 5.91 Å². The maximum Gasteiger partial charge on any atom is 0.387 e. The van der Waals surface area contributed by atoms with E-state index >= 15 is 0 Å². The van der Waals surface area contributed by atoms with E-state index in [4.69, 9.17) is 0 Å². The largest absolute Gasteiger partial charge is 0.433 e. The number of ether oxygens (including phenoxy) is 1. The van der Waals surface area contributed by atoms with E-state index in [9.17, 15) is 18.4 Å². The molecule has 0 spiro atoms. The molecule has 1 fully saturated rings. The van der Waals surface area contributed by atoms with Crippen LogP contribution in [0.25, 0.3) is 0 Å². The number of nitrogens with zero attached hydrogens (tertiary/aromatic N) is 1. The van der Waals surface area contributed by atoms with Gasteiger partial charge in [-0.25, -0.2) is 0 Å². The van der Waals surface area contributed by atoms with Crippen molar-refractivity contribution in [2.24, 2.45) is 0 Å². The molecule has 2 aromatic carbocycles. The highest BCUT2D eigenvalue weighted by Crippen LogP contribution is 2.26. The fraction of sp³-hybridized carbons (Fsp3) is 0.263. The van der Waals surface area contributed by atoms with Crippen LogP contribution in [0.4, 0.5) is 20.2 Å². The number of hydrogen-bond acceptors (Lipinski definition) is 3. The lowest BCUT2D eigenvalue weighted by atomic mass is 10.1. The second-order valence-electron chi connectivity index (χ2n) is 5.88. The summed E-state index contributed by atoms with van der Waals surface area (Å²) < 4.78 is 29.3. The van der Waals surface area contributed by atoms with Gasteiger partial charge in [-0.1, -0.05) is 12.1 Å². The first kappa shape index (κ1) is 17.8. The molecule has 3 rings (SSSR count). The molecule has 0 bridgehead atoms. The fourth-order valence-corrected chi connectivity index (χ4v) is 2.83. The zero-order valence-electron chi connectivity index (χ0n) is 14.0. The summed E-state index contributed by atoms with van der Waals surface area (Å²) in [6.45, 7) is -2.31. The van der Waals surface area contributed by atoms with Crippen molar-refractivity contribution >= 4 is 23.2 Å². The highest BCUT2D eigenvalue weighted by molar-refractivity contribution is 6.05. The van der Waals surface area contributed by atoms with Crippen molar-refractivity contribution in [3.8, 4) is 5.75 Å². The van der Waals surface area contributed by atoms with Crippen molar-refractivity contribution in [1.82, 2.24) is 0 Å². The van der Waals surface area contributed by atoms with Crippen LogP contribution < -0.4 is 15.0 Å². The zero-order valence-corrected chi connectivity index (χ0v) is 14.0. The van der Waals surface area contributed by atoms with Crippen molar-refractivity contribution in [3.05, 3.63) is 54.1 Å². The van der Waals surface area contributed by atoms with Gasteiger partial charge in [0.15, 0.2) is 0 Å². The molecule has 5 nitrogen and oxygen atoms in total. The number of benzene rings is 2. The number of anilines is 2. The van der Waals surface area contributed by atoms with E-state index in [1.54, 1.807) is 35.2 Å². The summed E-state index contributed by atoms with van der Waals surface area (Å²) in [6, 6.07) is 12.6. The first-order chi connectivity index (χ1) is 12.5. The van der Waals surface area contributed by atoms with Gasteiger partial charge in [0.25, 0.3) is 5.91 Å². The summed E-state index contributed by atoms with van der Waals surface area (Å²) in [5.74, 6) is -0.482. The standard InChI is InChI=1S/C19H18F2N2O3/c20-19(21)26-16-6-2-1-5-15(16)22-18(25)13-8-10-14(11-9-13)23-12-4-3-7-17(23)24/h1-2,5-6,8-11,19H,3-4,7,12H2,(H,22,25). The molecule has 1 aliphatic rings. The van der Waals surface area contributed by atoms with Gasteiger partial charge in [-0.2, -0.15) is 8.78 Å². The Morgan fingerprint density at radius 3 is 2.50 bits per heavy atom. The second-order valence-corrected chi connectivity index (χ2v) is 5.88. The molecule has 136 valence electrons. The molecule has 7 heteroatoms. The van der Waals surface area contributed by atoms with Crippen LogP contribution >= 0.6 is 0 Å². The van der Waals surface area contributed by atoms with Crippen LogP contribution in [0.5, 0.6) is 5.75 Å². The van der Waals surface area contributed by atoms with Gasteiger partial charge >= 0.3 is 6.61 Å². The van der Waals surface area contributed by atoms with E-state index in [1.165, 1.54) is 18.2 Å². The molecule has 0 atom stereocenters. The van der Waals surface area contributed by atoms with Gasteiger partial charge in [-0.3, -0.25) is 9.59 Å². The maximum atomic E-state index is 12.4. The van der Waals surface area contributed by atoms with Crippen LogP contribution in [-0.4, -0.2) is 25.0 Å². The number of piperidine rings is 1. The molecule has 1 N–H and O–H groups in total. The van der Waals surface area contributed by atoms with E-state index in [0.717, 1.165) is 18.5 Å². The average molecular weight is 360 g/mol. The normalized spacial score (nSPS) is 14.4. The Kier molecular flexibility index (Phi) is 5.46. The quantitative estimate of drug-likeness (QED) is 0.875. The molecular formula is C19H18F2N2O3. The highest BCUT2D eigenvalue weighted by Gasteiger charge is 2.20. The van der Waals surface area contributed by atoms with Crippen molar-refractivity contribution in [3.63, 3.8) is 0 Å². The highest BCUT2D eigenvalue weighted by atomic mass is 19.3. The van der Waals surface area contributed by atoms with E-state index in [-0.39, 0.29) is 17.3 Å². The van der Waals surface area contributed by atoms with Crippen LogP contribution in [0.15, 0.2) is 48.5 Å². The lowest BCUT2D eigenvalue weighted by Gasteiger charge is -2.26. The predicted octanol–water partition coefficient (Wildman–Crippen LogP) is 4.06. The van der Waals surface area contributed by atoms with Crippen molar-refractivity contribution < 1.29 is 23.1 Å². The number of carbonyl (C=O) groups is 2. The summed E-state index contributed by atoms with van der Waals surface area (Å²) in [4.78, 5) is 26.0. The molecular weight excluding hydrogens is 342 g/mol. The van der Waals surface area contributed by atoms with E-state index < -0.39 is 12.5 Å². The summed E-state index contributed by atoms with van der Waals surface area (Å²) in [6.07, 6.45) is 2.38. The smallest absolute Gasteiger partial charge is 0.387 e. The van der Waals surface area contributed by atoms with E-state index in [2.05, 4.69) is 10.1 Å². The lowest BCUT2D eigenvalue weighted by Crippen LogP contribution is -2.35. The van der Waals surface area contributed by atoms with Crippen molar-refractivity contribution in [2.75, 3.05) is 16.8 Å². The molecule has 0 saturated carbocycles. The minimum absolute atomic E-state index is 0.0755. The lowest BCUT2D eigenvalue weighted by molar-refractivity contribution is -0.119. The molecule has 0 aromatic heterocycles. The fourth-order valence-electron chi connectivity index (χ4n) is 2.83. The Balaban J connectivity index is 1.72. The van der Waals surface area contributed by atoms with Gasteiger partial charge in [0.05, 0.1) is 5.69 Å². The Hall–Kier alpha value is -2.96.